The van der Waals surface area contributed by atoms with Crippen LogP contribution in [-0.2, 0) is 10.8 Å². The zero-order chi connectivity index (χ0) is 86.4. The normalized spacial score (nSPS) is 13.0. The Morgan fingerprint density at radius 1 is 0.254 bits per heavy atom. The lowest BCUT2D eigenvalue weighted by Gasteiger charge is -2.33. The number of rotatable bonds is 42. The minimum absolute atomic E-state index is 0.0214. The van der Waals surface area contributed by atoms with Crippen LogP contribution in [0.25, 0.3) is 103 Å². The van der Waals surface area contributed by atoms with Crippen LogP contribution in [0.15, 0.2) is 255 Å². The Labute approximate surface area is 798 Å². The number of fused-ring (bicyclic) bond motifs is 8. The molecule has 0 unspecified atom stereocenters. The van der Waals surface area contributed by atoms with Crippen molar-refractivity contribution in [2.24, 2.45) is 0 Å². The van der Waals surface area contributed by atoms with Crippen LogP contribution in [0.3, 0.4) is 0 Å². The highest BCUT2D eigenvalue weighted by Crippen LogP contribution is 2.61. The Morgan fingerprint density at radius 2 is 0.516 bits per heavy atom. The molecule has 10 aromatic heterocycles. The number of benzene rings is 6. The maximum absolute atomic E-state index is 5.00. The van der Waals surface area contributed by atoms with E-state index >= 15 is 0 Å². The van der Waals surface area contributed by atoms with Crippen LogP contribution < -0.4 is 0 Å². The maximum Gasteiger partial charge on any atom is 0.120 e. The van der Waals surface area contributed by atoms with Gasteiger partial charge in [-0.1, -0.05) is 290 Å². The number of unbranched alkanes of at least 4 members (excludes halogenated alkanes) is 20. The predicted octanol–water partition coefficient (Wildman–Crippen LogP) is 39.1. The minimum atomic E-state index is 0.0214. The lowest BCUT2D eigenvalue weighted by Crippen LogP contribution is -2.26. The Hall–Kier alpha value is -7.00. The fourth-order valence-corrected chi connectivity index (χ4v) is 31.0. The molecule has 2 aliphatic carbocycles. The maximum atomic E-state index is 5.00. The molecular weight excluding hydrogens is 1760 g/mol. The topological polar surface area (TPSA) is 51.6 Å². The van der Waals surface area contributed by atoms with E-state index in [1.54, 1.807) is 34.7 Å². The third-order valence-corrected chi connectivity index (χ3v) is 39.7. The summed E-state index contributed by atoms with van der Waals surface area (Å²) in [6.07, 6.45) is 40.5. The van der Waals surface area contributed by atoms with Crippen LogP contribution in [0, 0.1) is 27.7 Å². The van der Waals surface area contributed by atoms with Gasteiger partial charge in [0.15, 0.2) is 0 Å². The van der Waals surface area contributed by atoms with Gasteiger partial charge in [-0.25, -0.2) is 9.97 Å². The number of aryl methyl sites for hydroxylation is 4. The molecule has 2 aliphatic rings. The van der Waals surface area contributed by atoms with Crippen molar-refractivity contribution in [2.45, 2.75) is 284 Å². The molecule has 10 heterocycles. The summed E-state index contributed by atoms with van der Waals surface area (Å²) >= 11 is 22.6. The SMILES string of the molecule is CCCCCCCCC1(CCCCCCCC)c2cc(C)c(Sc3ccc(-c4ccc(-c5ccc(-c6cccs6)s5)s4)s3)cc2-c2cc(Sc3ccc(-c4ccc(-c5ccc(-c6cccs6)s5)s4)s3)c(C)cc21.CCCCCCCCC1(CCCCCCCC)c2cc(C)c(Sc3cnc4ccccc4n3)cc2-c2cc(Sc3cnc4ccccc4n3)c(C)cc21. The van der Waals surface area contributed by atoms with E-state index in [1.165, 1.54) is 322 Å². The van der Waals surface area contributed by atoms with Gasteiger partial charge in [-0.2, -0.15) is 0 Å². The Bertz CT molecular complexity index is 5920. The van der Waals surface area contributed by atoms with Gasteiger partial charge in [-0.05, 0) is 264 Å². The monoisotopic (exact) mass is 1880 g/mol. The molecule has 126 heavy (non-hydrogen) atoms. The van der Waals surface area contributed by atoms with Crippen molar-refractivity contribution in [2.75, 3.05) is 0 Å². The molecule has 16 heteroatoms. The summed E-state index contributed by atoms with van der Waals surface area (Å²) in [7, 11) is 0. The molecule has 0 saturated heterocycles. The molecule has 18 rings (SSSR count). The smallest absolute Gasteiger partial charge is 0.120 e. The molecule has 0 bridgehead atoms. The van der Waals surface area contributed by atoms with E-state index in [9.17, 15) is 0 Å². The van der Waals surface area contributed by atoms with E-state index < -0.39 is 0 Å². The van der Waals surface area contributed by atoms with E-state index in [0.717, 1.165) is 32.1 Å². The first-order valence-corrected chi connectivity index (χ1v) is 56.2. The molecule has 6 aromatic carbocycles. The highest BCUT2D eigenvalue weighted by molar-refractivity contribution is 8.01. The summed E-state index contributed by atoms with van der Waals surface area (Å²) in [6.45, 7) is 18.7. The standard InChI is InChI=1S/C63H62S10.C47H54N4S2/c1-5-7-9-11-13-15-33-63(34-16-14-12-10-8-6-2)45-37-41(3)59(72-61-31-29-57(70-61)55-27-25-53(68-55)51-23-21-49(66-51)47-19-17-35-64-47)39-43(45)44-40-60(42(4)38-46(44)63)73-62-32-30-58(71-62)56-28-26-54(69-56)52-24-22-50(67-52)48-20-18-36-65-48;1-5-7-9-11-13-19-25-47(26-20-14-12-10-8-6-2)37-27-33(3)43(52-45-31-48-39-21-15-17-23-41(39)50-45)29-35(37)36-30-44(34(4)28-38(36)47)53-46-32-49-40-22-16-18-24-42(40)51-46/h17-32,35-40H,5-16,33-34H2,1-4H3;15-18,21-24,27-32H,5-14,19-20,25-26H2,1-4H3. The van der Waals surface area contributed by atoms with E-state index in [-0.39, 0.29) is 10.8 Å². The van der Waals surface area contributed by atoms with Gasteiger partial charge in [-0.15, -0.1) is 90.7 Å². The van der Waals surface area contributed by atoms with Crippen LogP contribution in [0.4, 0.5) is 0 Å². The lowest BCUT2D eigenvalue weighted by molar-refractivity contribution is 0.397. The zero-order valence-electron chi connectivity index (χ0n) is 74.3. The van der Waals surface area contributed by atoms with Crippen molar-refractivity contribution < 1.29 is 0 Å². The summed E-state index contributed by atoms with van der Waals surface area (Å²) in [5.74, 6) is 0. The Kier molecular flexibility index (Phi) is 31.3. The Morgan fingerprint density at radius 3 is 0.810 bits per heavy atom. The van der Waals surface area contributed by atoms with Crippen LogP contribution in [-0.4, -0.2) is 19.9 Å². The zero-order valence-corrected chi connectivity index (χ0v) is 84.1. The largest absolute Gasteiger partial charge is 0.252 e. The highest BCUT2D eigenvalue weighted by Gasteiger charge is 2.45. The molecule has 0 aliphatic heterocycles. The second-order valence-electron chi connectivity index (χ2n) is 34.5. The van der Waals surface area contributed by atoms with E-state index in [1.807, 2.05) is 163 Å². The van der Waals surface area contributed by atoms with Gasteiger partial charge in [0.05, 0.1) is 42.9 Å². The molecule has 0 saturated carbocycles. The van der Waals surface area contributed by atoms with Crippen molar-refractivity contribution in [3.05, 3.63) is 262 Å². The van der Waals surface area contributed by atoms with Crippen LogP contribution >= 0.6 is 138 Å². The van der Waals surface area contributed by atoms with Gasteiger partial charge in [0.25, 0.3) is 0 Å². The third kappa shape index (κ3) is 21.1. The predicted molar refractivity (Wildman–Crippen MR) is 560 cm³/mol. The first kappa shape index (κ1) is 90.9. The molecule has 0 spiro atoms. The van der Waals surface area contributed by atoms with Crippen molar-refractivity contribution >= 4 is 160 Å². The fourth-order valence-electron chi connectivity index (χ4n) is 18.8. The van der Waals surface area contributed by atoms with Gasteiger partial charge < -0.3 is 0 Å². The number of thiophene rings is 8. The summed E-state index contributed by atoms with van der Waals surface area (Å²) in [5.41, 5.74) is 21.3. The molecule has 16 aromatic rings. The van der Waals surface area contributed by atoms with Crippen molar-refractivity contribution in [3.63, 3.8) is 0 Å². The summed E-state index contributed by atoms with van der Waals surface area (Å²) < 4.78 is 2.72. The lowest BCUT2D eigenvalue weighted by atomic mass is 9.70. The molecule has 648 valence electrons. The molecule has 0 amide bonds. The van der Waals surface area contributed by atoms with E-state index in [4.69, 9.17) is 19.9 Å². The molecule has 0 atom stereocenters. The molecule has 0 fully saturated rings. The van der Waals surface area contributed by atoms with Crippen molar-refractivity contribution in [3.8, 4) is 80.8 Å². The molecule has 0 N–H and O–H groups in total. The number of hydrogen-bond donors (Lipinski definition) is 0. The van der Waals surface area contributed by atoms with Crippen molar-refractivity contribution in [1.29, 1.82) is 0 Å². The van der Waals surface area contributed by atoms with Gasteiger partial charge >= 0.3 is 0 Å². The van der Waals surface area contributed by atoms with Crippen LogP contribution in [0.1, 0.15) is 252 Å². The average molecular weight is 1880 g/mol. The van der Waals surface area contributed by atoms with E-state index in [0.29, 0.717) is 0 Å². The van der Waals surface area contributed by atoms with Gasteiger partial charge in [0.1, 0.15) is 10.1 Å². The summed E-state index contributed by atoms with van der Waals surface area (Å²) in [4.78, 5) is 41.0. The number of hydrogen-bond acceptors (Lipinski definition) is 16. The second kappa shape index (κ2) is 43.4. The number of para-hydroxylation sites is 4. The van der Waals surface area contributed by atoms with Crippen molar-refractivity contribution in [1.82, 2.24) is 19.9 Å². The quantitative estimate of drug-likeness (QED) is 0.0351. The molecular formula is C110H116N4S12. The fraction of sp³-hybridized carbons (Fsp3) is 0.345. The second-order valence-corrected chi connectivity index (χ2v) is 47.7. The minimum Gasteiger partial charge on any atom is -0.252 e. The summed E-state index contributed by atoms with van der Waals surface area (Å²) in [6, 6.07) is 73.5. The molecule has 4 nitrogen and oxygen atoms in total. The Balaban J connectivity index is 0.000000187. The van der Waals surface area contributed by atoms with E-state index in [2.05, 4.69) is 224 Å². The first-order chi connectivity index (χ1) is 61.8. The highest BCUT2D eigenvalue weighted by atomic mass is 32.2. The van der Waals surface area contributed by atoms with Gasteiger partial charge in [0, 0.05) is 88.9 Å². The van der Waals surface area contributed by atoms with Crippen LogP contribution in [0.5, 0.6) is 0 Å². The van der Waals surface area contributed by atoms with Gasteiger partial charge in [-0.3, -0.25) is 9.97 Å². The first-order valence-electron chi connectivity index (χ1n) is 46.3. The molecule has 0 radical (unpaired) electrons. The number of nitrogens with zero attached hydrogens (tertiary/aromatic N) is 4. The van der Waals surface area contributed by atoms with Crippen LogP contribution in [0.2, 0.25) is 0 Å². The average Bonchev–Trinajstić information content (AvgIpc) is 1.56. The third-order valence-electron chi connectivity index (χ3n) is 25.5. The summed E-state index contributed by atoms with van der Waals surface area (Å²) in [5, 5.41) is 6.21. The van der Waals surface area contributed by atoms with Gasteiger partial charge in [0.2, 0.25) is 0 Å². The number of aromatic nitrogens is 4.